The standard InChI is InChI=1S/C19H18FN5OS/c1-13-6-8-14(9-7-13)18-21-23-25(22-18)12-17(26)24-10-11-27-19(24)15-4-2-3-5-16(15)20/h2-9,19H,10-12H2,1H3/t19-/m0/s1. The third kappa shape index (κ3) is 3.71. The molecule has 0 N–H and O–H groups in total. The van der Waals surface area contributed by atoms with E-state index in [1.54, 1.807) is 34.9 Å². The van der Waals surface area contributed by atoms with Gasteiger partial charge in [0, 0.05) is 23.4 Å². The van der Waals surface area contributed by atoms with Gasteiger partial charge in [-0.1, -0.05) is 48.0 Å². The molecule has 0 bridgehead atoms. The normalized spacial score (nSPS) is 16.7. The fourth-order valence-electron chi connectivity index (χ4n) is 3.00. The van der Waals surface area contributed by atoms with Crippen molar-refractivity contribution < 1.29 is 9.18 Å². The lowest BCUT2D eigenvalue weighted by Crippen LogP contribution is -2.34. The maximum Gasteiger partial charge on any atom is 0.247 e. The number of amides is 1. The molecule has 3 aromatic rings. The molecule has 1 aliphatic heterocycles. The van der Waals surface area contributed by atoms with Crippen LogP contribution in [0.25, 0.3) is 11.4 Å². The Kier molecular flexibility index (Phi) is 4.89. The van der Waals surface area contributed by atoms with Gasteiger partial charge in [0.1, 0.15) is 17.7 Å². The van der Waals surface area contributed by atoms with E-state index < -0.39 is 0 Å². The molecule has 6 nitrogen and oxygen atoms in total. The molecule has 1 atom stereocenters. The van der Waals surface area contributed by atoms with Crippen molar-refractivity contribution in [1.82, 2.24) is 25.1 Å². The van der Waals surface area contributed by atoms with Gasteiger partial charge < -0.3 is 4.90 Å². The number of thioether (sulfide) groups is 1. The lowest BCUT2D eigenvalue weighted by atomic mass is 10.1. The van der Waals surface area contributed by atoms with Crippen LogP contribution in [0.5, 0.6) is 0 Å². The minimum Gasteiger partial charge on any atom is -0.324 e. The first-order valence-electron chi connectivity index (χ1n) is 8.62. The molecular formula is C19H18FN5OS. The number of benzene rings is 2. The fourth-order valence-corrected chi connectivity index (χ4v) is 4.30. The quantitative estimate of drug-likeness (QED) is 0.693. The van der Waals surface area contributed by atoms with Gasteiger partial charge >= 0.3 is 0 Å². The van der Waals surface area contributed by atoms with E-state index in [0.29, 0.717) is 17.9 Å². The molecule has 0 saturated carbocycles. The first kappa shape index (κ1) is 17.7. The molecule has 0 aliphatic carbocycles. The highest BCUT2D eigenvalue weighted by molar-refractivity contribution is 7.99. The number of halogens is 1. The summed E-state index contributed by atoms with van der Waals surface area (Å²) in [6.07, 6.45) is 0. The Morgan fingerprint density at radius 3 is 2.78 bits per heavy atom. The van der Waals surface area contributed by atoms with Gasteiger partial charge in [0.05, 0.1) is 0 Å². The number of carbonyl (C=O) groups excluding carboxylic acids is 1. The maximum absolute atomic E-state index is 14.1. The van der Waals surface area contributed by atoms with Crippen LogP contribution in [0.2, 0.25) is 0 Å². The van der Waals surface area contributed by atoms with E-state index >= 15 is 0 Å². The van der Waals surface area contributed by atoms with Gasteiger partial charge in [-0.15, -0.1) is 22.0 Å². The van der Waals surface area contributed by atoms with Crippen LogP contribution in [0.3, 0.4) is 0 Å². The molecular weight excluding hydrogens is 365 g/mol. The van der Waals surface area contributed by atoms with Crippen LogP contribution in [0.1, 0.15) is 16.5 Å². The van der Waals surface area contributed by atoms with Crippen LogP contribution >= 0.6 is 11.8 Å². The second kappa shape index (κ2) is 7.48. The average Bonchev–Trinajstić information content (AvgIpc) is 3.32. The van der Waals surface area contributed by atoms with Crippen molar-refractivity contribution in [1.29, 1.82) is 0 Å². The van der Waals surface area contributed by atoms with Crippen LogP contribution in [0.4, 0.5) is 4.39 Å². The number of hydrogen-bond donors (Lipinski definition) is 0. The molecule has 1 amide bonds. The lowest BCUT2D eigenvalue weighted by molar-refractivity contribution is -0.132. The van der Waals surface area contributed by atoms with Crippen molar-refractivity contribution in [2.45, 2.75) is 18.8 Å². The van der Waals surface area contributed by atoms with Gasteiger partial charge in [0.2, 0.25) is 11.7 Å². The van der Waals surface area contributed by atoms with Crippen molar-refractivity contribution in [3.63, 3.8) is 0 Å². The topological polar surface area (TPSA) is 63.9 Å². The maximum atomic E-state index is 14.1. The predicted octanol–water partition coefficient (Wildman–Crippen LogP) is 3.06. The molecule has 27 heavy (non-hydrogen) atoms. The second-order valence-electron chi connectivity index (χ2n) is 6.34. The van der Waals surface area contributed by atoms with Crippen LogP contribution in [0, 0.1) is 12.7 Å². The first-order chi connectivity index (χ1) is 13.1. The zero-order valence-corrected chi connectivity index (χ0v) is 15.6. The van der Waals surface area contributed by atoms with E-state index in [2.05, 4.69) is 15.4 Å². The number of hydrogen-bond acceptors (Lipinski definition) is 5. The Morgan fingerprint density at radius 2 is 2.00 bits per heavy atom. The Bertz CT molecular complexity index is 959. The zero-order chi connectivity index (χ0) is 18.8. The monoisotopic (exact) mass is 383 g/mol. The summed E-state index contributed by atoms with van der Waals surface area (Å²) in [6.45, 7) is 2.55. The molecule has 1 fully saturated rings. The number of tetrazole rings is 1. The van der Waals surface area contributed by atoms with Gasteiger partial charge in [-0.3, -0.25) is 4.79 Å². The summed E-state index contributed by atoms with van der Waals surface area (Å²) in [5.41, 5.74) is 2.52. The number of aryl methyl sites for hydroxylation is 1. The first-order valence-corrected chi connectivity index (χ1v) is 9.67. The van der Waals surface area contributed by atoms with Gasteiger partial charge in [0.25, 0.3) is 0 Å². The molecule has 8 heteroatoms. The molecule has 1 aliphatic rings. The predicted molar refractivity (Wildman–Crippen MR) is 101 cm³/mol. The van der Waals surface area contributed by atoms with E-state index in [4.69, 9.17) is 0 Å². The summed E-state index contributed by atoms with van der Waals surface area (Å²) in [5.74, 6) is 0.796. The molecule has 138 valence electrons. The largest absolute Gasteiger partial charge is 0.324 e. The summed E-state index contributed by atoms with van der Waals surface area (Å²) >= 11 is 1.56. The van der Waals surface area contributed by atoms with Crippen molar-refractivity contribution >= 4 is 17.7 Å². The molecule has 0 spiro atoms. The number of rotatable bonds is 4. The summed E-state index contributed by atoms with van der Waals surface area (Å²) in [4.78, 5) is 15.7. The highest BCUT2D eigenvalue weighted by atomic mass is 32.2. The zero-order valence-electron chi connectivity index (χ0n) is 14.7. The minimum atomic E-state index is -0.321. The van der Waals surface area contributed by atoms with Crippen LogP contribution in [0.15, 0.2) is 48.5 Å². The summed E-state index contributed by atoms with van der Waals surface area (Å²) in [6, 6.07) is 14.4. The van der Waals surface area contributed by atoms with Crippen molar-refractivity contribution in [3.8, 4) is 11.4 Å². The second-order valence-corrected chi connectivity index (χ2v) is 7.53. The van der Waals surface area contributed by atoms with E-state index in [9.17, 15) is 9.18 Å². The highest BCUT2D eigenvalue weighted by Gasteiger charge is 2.32. The Balaban J connectivity index is 1.49. The molecule has 2 heterocycles. The van der Waals surface area contributed by atoms with Crippen molar-refractivity contribution in [2.75, 3.05) is 12.3 Å². The molecule has 1 saturated heterocycles. The lowest BCUT2D eigenvalue weighted by Gasteiger charge is -2.24. The SMILES string of the molecule is Cc1ccc(-c2nnn(CC(=O)N3CCS[C@H]3c3ccccc3F)n2)cc1. The van der Waals surface area contributed by atoms with Gasteiger partial charge in [-0.25, -0.2) is 4.39 Å². The van der Waals surface area contributed by atoms with E-state index in [-0.39, 0.29) is 23.6 Å². The third-order valence-corrected chi connectivity index (χ3v) is 5.66. The highest BCUT2D eigenvalue weighted by Crippen LogP contribution is 2.38. The van der Waals surface area contributed by atoms with Gasteiger partial charge in [-0.05, 0) is 18.2 Å². The number of carbonyl (C=O) groups is 1. The van der Waals surface area contributed by atoms with Crippen molar-refractivity contribution in [3.05, 3.63) is 65.5 Å². The molecule has 0 radical (unpaired) electrons. The number of nitrogens with zero attached hydrogens (tertiary/aromatic N) is 5. The van der Waals surface area contributed by atoms with Crippen LogP contribution in [-0.2, 0) is 11.3 Å². The molecule has 4 rings (SSSR count). The van der Waals surface area contributed by atoms with Crippen LogP contribution < -0.4 is 0 Å². The van der Waals surface area contributed by atoms with Gasteiger partial charge in [-0.2, -0.15) is 4.80 Å². The average molecular weight is 383 g/mol. The van der Waals surface area contributed by atoms with E-state index in [1.165, 1.54) is 10.9 Å². The fraction of sp³-hybridized carbons (Fsp3) is 0.263. The molecule has 2 aromatic carbocycles. The summed E-state index contributed by atoms with van der Waals surface area (Å²) < 4.78 is 14.1. The Morgan fingerprint density at radius 1 is 1.22 bits per heavy atom. The smallest absolute Gasteiger partial charge is 0.247 e. The van der Waals surface area contributed by atoms with Gasteiger partial charge in [0.15, 0.2) is 0 Å². The third-order valence-electron chi connectivity index (χ3n) is 4.42. The molecule has 0 unspecified atom stereocenters. The number of aromatic nitrogens is 4. The van der Waals surface area contributed by atoms with E-state index in [0.717, 1.165) is 16.9 Å². The van der Waals surface area contributed by atoms with Crippen molar-refractivity contribution in [2.24, 2.45) is 0 Å². The summed E-state index contributed by atoms with van der Waals surface area (Å²) in [5, 5.41) is 12.0. The Hall–Kier alpha value is -2.74. The van der Waals surface area contributed by atoms with E-state index in [1.807, 2.05) is 31.2 Å². The summed E-state index contributed by atoms with van der Waals surface area (Å²) in [7, 11) is 0. The molecule has 1 aromatic heterocycles. The Labute approximate surface area is 160 Å². The van der Waals surface area contributed by atoms with Crippen LogP contribution in [-0.4, -0.2) is 43.3 Å². The minimum absolute atomic E-state index is 0.0234.